The van der Waals surface area contributed by atoms with Gasteiger partial charge in [-0.15, -0.1) is 5.11 Å². The SMILES string of the molecule is C=C1N=NN(c2ccc(OC)cc2)C1=NC(=NC)NC1CCC(C(=O)OC)C1. The van der Waals surface area contributed by atoms with E-state index in [1.807, 2.05) is 24.3 Å². The summed E-state index contributed by atoms with van der Waals surface area (Å²) in [5.74, 6) is 1.42. The zero-order chi connectivity index (χ0) is 20.1. The minimum atomic E-state index is -0.168. The van der Waals surface area contributed by atoms with Gasteiger partial charge in [0, 0.05) is 13.1 Å². The van der Waals surface area contributed by atoms with Crippen molar-refractivity contribution in [1.82, 2.24) is 5.32 Å². The van der Waals surface area contributed by atoms with Gasteiger partial charge in [-0.1, -0.05) is 11.8 Å². The molecular formula is C19H24N6O3. The number of aliphatic imine (C=N–C) groups is 2. The van der Waals surface area contributed by atoms with Gasteiger partial charge in [-0.3, -0.25) is 9.79 Å². The maximum Gasteiger partial charge on any atom is 0.308 e. The Morgan fingerprint density at radius 3 is 2.68 bits per heavy atom. The van der Waals surface area contributed by atoms with Gasteiger partial charge in [0.1, 0.15) is 11.4 Å². The molecule has 3 rings (SSSR count). The first-order chi connectivity index (χ1) is 13.5. The van der Waals surface area contributed by atoms with Crippen LogP contribution in [0.25, 0.3) is 0 Å². The number of hydrogen-bond acceptors (Lipinski definition) is 6. The van der Waals surface area contributed by atoms with Crippen LogP contribution in [-0.4, -0.2) is 45.1 Å². The number of methoxy groups -OCH3 is 2. The Morgan fingerprint density at radius 2 is 2.04 bits per heavy atom. The molecule has 28 heavy (non-hydrogen) atoms. The van der Waals surface area contributed by atoms with Crippen LogP contribution in [0, 0.1) is 5.92 Å². The molecule has 0 bridgehead atoms. The molecule has 0 spiro atoms. The van der Waals surface area contributed by atoms with E-state index in [4.69, 9.17) is 9.47 Å². The predicted octanol–water partition coefficient (Wildman–Crippen LogP) is 2.71. The molecule has 1 aliphatic carbocycles. The van der Waals surface area contributed by atoms with Crippen molar-refractivity contribution >= 4 is 23.5 Å². The molecule has 0 aromatic heterocycles. The number of carbonyl (C=O) groups excluding carboxylic acids is 1. The topological polar surface area (TPSA) is 100 Å². The highest BCUT2D eigenvalue weighted by molar-refractivity contribution is 6.14. The van der Waals surface area contributed by atoms with E-state index in [9.17, 15) is 4.79 Å². The Labute approximate surface area is 163 Å². The molecule has 9 heteroatoms. The number of nitrogens with zero attached hydrogens (tertiary/aromatic N) is 5. The summed E-state index contributed by atoms with van der Waals surface area (Å²) in [4.78, 5) is 20.5. The third kappa shape index (κ3) is 4.19. The molecule has 0 saturated heterocycles. The second kappa shape index (κ2) is 8.64. The number of guanidine groups is 1. The number of hydrogen-bond donors (Lipinski definition) is 1. The molecular weight excluding hydrogens is 360 g/mol. The molecule has 2 unspecified atom stereocenters. The van der Waals surface area contributed by atoms with Crippen LogP contribution in [0.4, 0.5) is 5.69 Å². The summed E-state index contributed by atoms with van der Waals surface area (Å²) < 4.78 is 10.0. The van der Waals surface area contributed by atoms with E-state index in [2.05, 4.69) is 32.2 Å². The van der Waals surface area contributed by atoms with Crippen molar-refractivity contribution in [2.75, 3.05) is 26.3 Å². The molecule has 9 nitrogen and oxygen atoms in total. The predicted molar refractivity (Wildman–Crippen MR) is 107 cm³/mol. The van der Waals surface area contributed by atoms with E-state index in [1.165, 1.54) is 7.11 Å². The van der Waals surface area contributed by atoms with Crippen molar-refractivity contribution in [3.8, 4) is 5.75 Å². The van der Waals surface area contributed by atoms with E-state index in [0.717, 1.165) is 24.3 Å². The summed E-state index contributed by atoms with van der Waals surface area (Å²) in [7, 11) is 4.69. The molecule has 1 aliphatic heterocycles. The summed E-state index contributed by atoms with van der Waals surface area (Å²) in [5, 5.41) is 13.1. The largest absolute Gasteiger partial charge is 0.497 e. The average molecular weight is 384 g/mol. The Hall–Kier alpha value is -3.23. The Bertz CT molecular complexity index is 831. The van der Waals surface area contributed by atoms with Gasteiger partial charge < -0.3 is 14.8 Å². The molecule has 148 valence electrons. The number of amidine groups is 1. The number of benzene rings is 1. The third-order valence-corrected chi connectivity index (χ3v) is 4.75. The summed E-state index contributed by atoms with van der Waals surface area (Å²) in [5.41, 5.74) is 1.22. The maximum atomic E-state index is 11.7. The second-order valence-electron chi connectivity index (χ2n) is 6.50. The average Bonchev–Trinajstić information content (AvgIpc) is 3.34. The zero-order valence-corrected chi connectivity index (χ0v) is 16.3. The van der Waals surface area contributed by atoms with Gasteiger partial charge in [-0.2, -0.15) is 10.0 Å². The number of anilines is 1. The molecule has 1 heterocycles. The van der Waals surface area contributed by atoms with Crippen molar-refractivity contribution in [3.05, 3.63) is 36.5 Å². The second-order valence-corrected chi connectivity index (χ2v) is 6.50. The number of esters is 1. The van der Waals surface area contributed by atoms with Crippen LogP contribution < -0.4 is 15.1 Å². The maximum absolute atomic E-state index is 11.7. The van der Waals surface area contributed by atoms with Crippen LogP contribution in [0.3, 0.4) is 0 Å². The van der Waals surface area contributed by atoms with E-state index in [0.29, 0.717) is 23.9 Å². The summed E-state index contributed by atoms with van der Waals surface area (Å²) in [6, 6.07) is 7.50. The van der Waals surface area contributed by atoms with Gasteiger partial charge in [-0.05, 0) is 43.5 Å². The molecule has 1 aromatic rings. The molecule has 1 saturated carbocycles. The molecule has 1 fully saturated rings. The highest BCUT2D eigenvalue weighted by Crippen LogP contribution is 2.28. The smallest absolute Gasteiger partial charge is 0.308 e. The molecule has 0 radical (unpaired) electrons. The Kier molecular flexibility index (Phi) is 6.03. The molecule has 1 N–H and O–H groups in total. The van der Waals surface area contributed by atoms with E-state index >= 15 is 0 Å². The van der Waals surface area contributed by atoms with Gasteiger partial charge >= 0.3 is 5.97 Å². The minimum Gasteiger partial charge on any atom is -0.497 e. The first-order valence-corrected chi connectivity index (χ1v) is 9.00. The Balaban J connectivity index is 1.73. The minimum absolute atomic E-state index is 0.0875. The van der Waals surface area contributed by atoms with Crippen molar-refractivity contribution in [2.45, 2.75) is 25.3 Å². The van der Waals surface area contributed by atoms with Crippen LogP contribution in [0.2, 0.25) is 0 Å². The lowest BCUT2D eigenvalue weighted by molar-refractivity contribution is -0.145. The number of nitrogens with one attached hydrogen (secondary N) is 1. The number of carbonyl (C=O) groups is 1. The lowest BCUT2D eigenvalue weighted by atomic mass is 10.1. The van der Waals surface area contributed by atoms with Crippen molar-refractivity contribution in [3.63, 3.8) is 0 Å². The van der Waals surface area contributed by atoms with Crippen LogP contribution in [0.1, 0.15) is 19.3 Å². The standard InChI is InChI=1S/C19H24N6O3/c1-12-17(25(24-23-12)15-7-9-16(27-3)10-8-15)22-19(20-2)21-14-6-5-13(11-14)18(26)28-4/h7-10,13-14H,1,5-6,11H2,2-4H3,(H,20,21). The fourth-order valence-corrected chi connectivity index (χ4v) is 3.24. The lowest BCUT2D eigenvalue weighted by Gasteiger charge is -2.17. The van der Waals surface area contributed by atoms with Crippen LogP contribution in [0.5, 0.6) is 5.75 Å². The van der Waals surface area contributed by atoms with Crippen molar-refractivity contribution in [1.29, 1.82) is 0 Å². The monoisotopic (exact) mass is 384 g/mol. The number of ether oxygens (including phenoxy) is 2. The Morgan fingerprint density at radius 1 is 1.29 bits per heavy atom. The van der Waals surface area contributed by atoms with Gasteiger partial charge in [0.15, 0.2) is 5.84 Å². The van der Waals surface area contributed by atoms with Gasteiger partial charge in [0.05, 0.1) is 25.8 Å². The quantitative estimate of drug-likeness (QED) is 0.489. The zero-order valence-electron chi connectivity index (χ0n) is 16.3. The summed E-state index contributed by atoms with van der Waals surface area (Å²) in [6.45, 7) is 3.91. The third-order valence-electron chi connectivity index (χ3n) is 4.75. The molecule has 2 atom stereocenters. The summed E-state index contributed by atoms with van der Waals surface area (Å²) in [6.07, 6.45) is 2.32. The highest BCUT2D eigenvalue weighted by Gasteiger charge is 2.31. The van der Waals surface area contributed by atoms with E-state index < -0.39 is 0 Å². The van der Waals surface area contributed by atoms with E-state index in [-0.39, 0.29) is 17.9 Å². The lowest BCUT2D eigenvalue weighted by Crippen LogP contribution is -2.34. The van der Waals surface area contributed by atoms with Crippen LogP contribution in [-0.2, 0) is 9.53 Å². The fourth-order valence-electron chi connectivity index (χ4n) is 3.24. The van der Waals surface area contributed by atoms with Gasteiger partial charge in [-0.25, -0.2) is 0 Å². The number of rotatable bonds is 4. The van der Waals surface area contributed by atoms with Gasteiger partial charge in [0.2, 0.25) is 5.96 Å². The normalized spacial score (nSPS) is 23.4. The summed E-state index contributed by atoms with van der Waals surface area (Å²) >= 11 is 0. The van der Waals surface area contributed by atoms with Crippen molar-refractivity contribution in [2.24, 2.45) is 26.2 Å². The van der Waals surface area contributed by atoms with Crippen LogP contribution >= 0.6 is 0 Å². The first kappa shape index (κ1) is 19.5. The fraction of sp³-hybridized carbons (Fsp3) is 0.421. The van der Waals surface area contributed by atoms with Crippen molar-refractivity contribution < 1.29 is 14.3 Å². The molecule has 0 amide bonds. The molecule has 1 aromatic carbocycles. The van der Waals surface area contributed by atoms with Crippen LogP contribution in [0.15, 0.2) is 56.9 Å². The van der Waals surface area contributed by atoms with Gasteiger partial charge in [0.25, 0.3) is 0 Å². The molecule has 2 aliphatic rings. The van der Waals surface area contributed by atoms with E-state index in [1.54, 1.807) is 19.2 Å². The first-order valence-electron chi connectivity index (χ1n) is 9.00. The highest BCUT2D eigenvalue weighted by atomic mass is 16.5.